The van der Waals surface area contributed by atoms with E-state index in [2.05, 4.69) is 16.0 Å². The van der Waals surface area contributed by atoms with Crippen LogP contribution in [0.2, 0.25) is 0 Å². The van der Waals surface area contributed by atoms with Crippen LogP contribution in [0.5, 0.6) is 0 Å². The average Bonchev–Trinajstić information content (AvgIpc) is 3.36. The van der Waals surface area contributed by atoms with Crippen molar-refractivity contribution in [2.45, 2.75) is 32.6 Å². The van der Waals surface area contributed by atoms with Gasteiger partial charge in [-0.15, -0.1) is 0 Å². The Kier molecular flexibility index (Phi) is 5.21. The molecule has 3 rings (SSSR count). The molecule has 2 fully saturated rings. The zero-order chi connectivity index (χ0) is 17.8. The van der Waals surface area contributed by atoms with E-state index in [0.717, 1.165) is 37.1 Å². The number of hydrogen-bond acceptors (Lipinski definition) is 3. The summed E-state index contributed by atoms with van der Waals surface area (Å²) >= 11 is 0. The van der Waals surface area contributed by atoms with Gasteiger partial charge < -0.3 is 20.9 Å². The smallest absolute Gasteiger partial charge is 0.319 e. The van der Waals surface area contributed by atoms with Crippen LogP contribution in [0, 0.1) is 12.8 Å². The highest BCUT2D eigenvalue weighted by Crippen LogP contribution is 2.30. The van der Waals surface area contributed by atoms with E-state index in [1.54, 1.807) is 4.90 Å². The van der Waals surface area contributed by atoms with Gasteiger partial charge in [0.05, 0.1) is 0 Å². The summed E-state index contributed by atoms with van der Waals surface area (Å²) in [6.07, 6.45) is 3.37. The Balaban J connectivity index is 1.50. The van der Waals surface area contributed by atoms with E-state index in [-0.39, 0.29) is 23.8 Å². The van der Waals surface area contributed by atoms with Crippen LogP contribution in [0.4, 0.5) is 16.2 Å². The molecule has 7 nitrogen and oxygen atoms in total. The minimum Gasteiger partial charge on any atom is -0.354 e. The zero-order valence-corrected chi connectivity index (χ0v) is 14.4. The van der Waals surface area contributed by atoms with Crippen LogP contribution < -0.4 is 20.9 Å². The van der Waals surface area contributed by atoms with Crippen molar-refractivity contribution >= 4 is 29.2 Å². The van der Waals surface area contributed by atoms with Crippen molar-refractivity contribution in [1.82, 2.24) is 10.6 Å². The SMILES string of the molecule is Cc1c(NC(=O)NCCNC(=O)C2CC2)cccc1N1CCCC1=O. The molecule has 0 atom stereocenters. The van der Waals surface area contributed by atoms with E-state index in [1.807, 2.05) is 25.1 Å². The van der Waals surface area contributed by atoms with E-state index in [9.17, 15) is 14.4 Å². The molecule has 1 aliphatic heterocycles. The van der Waals surface area contributed by atoms with Gasteiger partial charge >= 0.3 is 6.03 Å². The van der Waals surface area contributed by atoms with Crippen molar-refractivity contribution in [3.63, 3.8) is 0 Å². The molecule has 1 saturated heterocycles. The Hall–Kier alpha value is -2.57. The van der Waals surface area contributed by atoms with Gasteiger partial charge in [-0.05, 0) is 43.9 Å². The maximum Gasteiger partial charge on any atom is 0.319 e. The summed E-state index contributed by atoms with van der Waals surface area (Å²) < 4.78 is 0. The van der Waals surface area contributed by atoms with Crippen molar-refractivity contribution in [3.05, 3.63) is 23.8 Å². The van der Waals surface area contributed by atoms with E-state index in [0.29, 0.717) is 25.2 Å². The average molecular weight is 344 g/mol. The molecule has 2 aliphatic rings. The number of amides is 4. The molecule has 1 aliphatic carbocycles. The second kappa shape index (κ2) is 7.55. The third-order valence-corrected chi connectivity index (χ3v) is 4.58. The van der Waals surface area contributed by atoms with E-state index in [4.69, 9.17) is 0 Å². The topological polar surface area (TPSA) is 90.5 Å². The van der Waals surface area contributed by atoms with Gasteiger partial charge in [0, 0.05) is 43.3 Å². The standard InChI is InChI=1S/C18H24N4O3/c1-12-14(4-2-5-15(12)22-11-3-6-16(22)23)21-18(25)20-10-9-19-17(24)13-7-8-13/h2,4-5,13H,3,6-11H2,1H3,(H,19,24)(H2,20,21,25). The van der Waals surface area contributed by atoms with E-state index in [1.165, 1.54) is 0 Å². The first-order valence-corrected chi connectivity index (χ1v) is 8.79. The fraction of sp³-hybridized carbons (Fsp3) is 0.500. The molecule has 1 aromatic rings. The van der Waals surface area contributed by atoms with Gasteiger partial charge in [0.2, 0.25) is 11.8 Å². The highest BCUT2D eigenvalue weighted by molar-refractivity contribution is 5.98. The molecule has 0 spiro atoms. The molecule has 7 heteroatoms. The number of nitrogens with one attached hydrogen (secondary N) is 3. The molecular formula is C18H24N4O3. The largest absolute Gasteiger partial charge is 0.354 e. The van der Waals surface area contributed by atoms with Gasteiger partial charge in [0.25, 0.3) is 0 Å². The zero-order valence-electron chi connectivity index (χ0n) is 14.4. The van der Waals surface area contributed by atoms with Gasteiger partial charge in [0.15, 0.2) is 0 Å². The number of carbonyl (C=O) groups excluding carboxylic acids is 3. The molecule has 4 amide bonds. The van der Waals surface area contributed by atoms with Gasteiger partial charge in [-0.25, -0.2) is 4.79 Å². The summed E-state index contributed by atoms with van der Waals surface area (Å²) in [7, 11) is 0. The van der Waals surface area contributed by atoms with Crippen molar-refractivity contribution in [2.24, 2.45) is 5.92 Å². The first-order valence-electron chi connectivity index (χ1n) is 8.79. The highest BCUT2D eigenvalue weighted by atomic mass is 16.2. The number of anilines is 2. The van der Waals surface area contributed by atoms with Crippen LogP contribution in [0.1, 0.15) is 31.2 Å². The quantitative estimate of drug-likeness (QED) is 0.687. The van der Waals surface area contributed by atoms with E-state index < -0.39 is 0 Å². The van der Waals surface area contributed by atoms with Crippen LogP contribution >= 0.6 is 0 Å². The second-order valence-corrected chi connectivity index (χ2v) is 6.54. The minimum atomic E-state index is -0.325. The molecule has 1 heterocycles. The van der Waals surface area contributed by atoms with Crippen LogP contribution in [0.25, 0.3) is 0 Å². The lowest BCUT2D eigenvalue weighted by atomic mass is 10.1. The van der Waals surface area contributed by atoms with Gasteiger partial charge in [-0.3, -0.25) is 9.59 Å². The predicted molar refractivity (Wildman–Crippen MR) is 95.5 cm³/mol. The number of benzene rings is 1. The molecule has 0 bridgehead atoms. The normalized spacial score (nSPS) is 16.7. The Morgan fingerprint density at radius 1 is 1.20 bits per heavy atom. The highest BCUT2D eigenvalue weighted by Gasteiger charge is 2.29. The van der Waals surface area contributed by atoms with Crippen molar-refractivity contribution in [3.8, 4) is 0 Å². The fourth-order valence-corrected chi connectivity index (χ4v) is 2.97. The van der Waals surface area contributed by atoms with Crippen LogP contribution in [0.15, 0.2) is 18.2 Å². The molecule has 134 valence electrons. The monoisotopic (exact) mass is 344 g/mol. The molecule has 25 heavy (non-hydrogen) atoms. The minimum absolute atomic E-state index is 0.0704. The van der Waals surface area contributed by atoms with E-state index >= 15 is 0 Å². The lowest BCUT2D eigenvalue weighted by Crippen LogP contribution is -2.37. The number of hydrogen-bond donors (Lipinski definition) is 3. The third-order valence-electron chi connectivity index (χ3n) is 4.58. The fourth-order valence-electron chi connectivity index (χ4n) is 2.97. The second-order valence-electron chi connectivity index (χ2n) is 6.54. The Morgan fingerprint density at radius 2 is 1.96 bits per heavy atom. The number of urea groups is 1. The third kappa shape index (κ3) is 4.29. The lowest BCUT2D eigenvalue weighted by molar-refractivity contribution is -0.122. The molecule has 0 radical (unpaired) electrons. The van der Waals surface area contributed by atoms with Crippen molar-refractivity contribution < 1.29 is 14.4 Å². The maximum atomic E-state index is 12.0. The van der Waals surface area contributed by atoms with Gasteiger partial charge in [0.1, 0.15) is 0 Å². The molecule has 0 unspecified atom stereocenters. The molecule has 0 aromatic heterocycles. The summed E-state index contributed by atoms with van der Waals surface area (Å²) in [4.78, 5) is 37.2. The summed E-state index contributed by atoms with van der Waals surface area (Å²) in [5.74, 6) is 0.365. The summed E-state index contributed by atoms with van der Waals surface area (Å²) in [5, 5.41) is 8.34. The molecular weight excluding hydrogens is 320 g/mol. The van der Waals surface area contributed by atoms with Crippen molar-refractivity contribution in [2.75, 3.05) is 29.9 Å². The van der Waals surface area contributed by atoms with Gasteiger partial charge in [-0.1, -0.05) is 6.07 Å². The Bertz CT molecular complexity index is 685. The van der Waals surface area contributed by atoms with Crippen LogP contribution in [-0.2, 0) is 9.59 Å². The number of carbonyl (C=O) groups is 3. The summed E-state index contributed by atoms with van der Waals surface area (Å²) in [6, 6.07) is 5.22. The van der Waals surface area contributed by atoms with Gasteiger partial charge in [-0.2, -0.15) is 0 Å². The number of nitrogens with zero attached hydrogens (tertiary/aromatic N) is 1. The summed E-state index contributed by atoms with van der Waals surface area (Å²) in [5.41, 5.74) is 2.39. The maximum absolute atomic E-state index is 12.0. The van der Waals surface area contributed by atoms with Crippen molar-refractivity contribution in [1.29, 1.82) is 0 Å². The summed E-state index contributed by atoms with van der Waals surface area (Å²) in [6.45, 7) is 3.40. The predicted octanol–water partition coefficient (Wildman–Crippen LogP) is 1.77. The first-order chi connectivity index (χ1) is 12.1. The Labute approximate surface area is 147 Å². The molecule has 1 saturated carbocycles. The van der Waals surface area contributed by atoms with Crippen LogP contribution in [-0.4, -0.2) is 37.5 Å². The molecule has 3 N–H and O–H groups in total. The number of rotatable bonds is 6. The first kappa shape index (κ1) is 17.3. The van der Waals surface area contributed by atoms with Crippen LogP contribution in [0.3, 0.4) is 0 Å². The Morgan fingerprint density at radius 3 is 2.64 bits per heavy atom. The molecule has 1 aromatic carbocycles. The lowest BCUT2D eigenvalue weighted by Gasteiger charge is -2.20.